The van der Waals surface area contributed by atoms with Crippen LogP contribution < -0.4 is 10.6 Å². The molecular weight excluding hydrogens is 460 g/mol. The largest absolute Gasteiger partial charge is 0.508 e. The molecule has 8 nitrogen and oxygen atoms in total. The Bertz CT molecular complexity index is 965. The van der Waals surface area contributed by atoms with E-state index in [9.17, 15) is 19.8 Å². The van der Waals surface area contributed by atoms with Crippen LogP contribution in [0.25, 0.3) is 0 Å². The van der Waals surface area contributed by atoms with Gasteiger partial charge in [0, 0.05) is 62.0 Å². The highest BCUT2D eigenvalue weighted by Gasteiger charge is 2.36. The van der Waals surface area contributed by atoms with Gasteiger partial charge in [-0.1, -0.05) is 24.3 Å². The standard InChI is InChI=1S/C28H40N2O6/c1-19(31)35-13-11-21-7-9-23(25(33)15-21)17-29-27(3,4)28(5,6)30-18-24-10-8-22(16-26(24)34)12-14-36-20(2)32/h7-10,15-16,29-30,33-34H,11-14,17-18H2,1-6H3. The lowest BCUT2D eigenvalue weighted by molar-refractivity contribution is -0.141. The maximum atomic E-state index is 10.9. The van der Waals surface area contributed by atoms with E-state index >= 15 is 0 Å². The molecule has 0 fully saturated rings. The number of rotatable bonds is 13. The zero-order valence-corrected chi connectivity index (χ0v) is 22.2. The van der Waals surface area contributed by atoms with Crippen molar-refractivity contribution in [3.05, 3.63) is 58.7 Å². The van der Waals surface area contributed by atoms with E-state index in [0.717, 1.165) is 22.3 Å². The lowest BCUT2D eigenvalue weighted by Gasteiger charge is -2.43. The normalized spacial score (nSPS) is 11.8. The number of hydrogen-bond acceptors (Lipinski definition) is 8. The van der Waals surface area contributed by atoms with Gasteiger partial charge in [-0.25, -0.2) is 0 Å². The van der Waals surface area contributed by atoms with E-state index in [1.165, 1.54) is 13.8 Å². The van der Waals surface area contributed by atoms with Crippen molar-refractivity contribution in [1.82, 2.24) is 10.6 Å². The van der Waals surface area contributed by atoms with Gasteiger partial charge in [0.15, 0.2) is 0 Å². The van der Waals surface area contributed by atoms with Crippen LogP contribution in [-0.4, -0.2) is 46.4 Å². The molecule has 0 amide bonds. The minimum Gasteiger partial charge on any atom is -0.508 e. The monoisotopic (exact) mass is 500 g/mol. The average Bonchev–Trinajstić information content (AvgIpc) is 2.77. The van der Waals surface area contributed by atoms with Crippen molar-refractivity contribution in [2.75, 3.05) is 13.2 Å². The summed E-state index contributed by atoms with van der Waals surface area (Å²) < 4.78 is 9.93. The van der Waals surface area contributed by atoms with Crippen LogP contribution in [0.3, 0.4) is 0 Å². The summed E-state index contributed by atoms with van der Waals surface area (Å²) in [4.78, 5) is 21.8. The lowest BCUT2D eigenvalue weighted by atomic mass is 9.82. The van der Waals surface area contributed by atoms with Gasteiger partial charge in [-0.3, -0.25) is 9.59 Å². The summed E-state index contributed by atoms with van der Waals surface area (Å²) >= 11 is 0. The topological polar surface area (TPSA) is 117 Å². The van der Waals surface area contributed by atoms with E-state index in [-0.39, 0.29) is 47.7 Å². The fourth-order valence-corrected chi connectivity index (χ4v) is 3.53. The van der Waals surface area contributed by atoms with Gasteiger partial charge in [0.1, 0.15) is 11.5 Å². The van der Waals surface area contributed by atoms with Gasteiger partial charge in [-0.15, -0.1) is 0 Å². The highest BCUT2D eigenvalue weighted by atomic mass is 16.5. The minimum atomic E-state index is -0.368. The highest BCUT2D eigenvalue weighted by molar-refractivity contribution is 5.66. The molecule has 0 spiro atoms. The Balaban J connectivity index is 1.93. The molecule has 0 aromatic heterocycles. The number of nitrogens with one attached hydrogen (secondary N) is 2. The van der Waals surface area contributed by atoms with Crippen LogP contribution in [-0.2, 0) is 45.0 Å². The van der Waals surface area contributed by atoms with E-state index in [4.69, 9.17) is 9.47 Å². The van der Waals surface area contributed by atoms with Crippen LogP contribution in [0.5, 0.6) is 11.5 Å². The first kappa shape index (κ1) is 29.1. The minimum absolute atomic E-state index is 0.197. The van der Waals surface area contributed by atoms with Gasteiger partial charge < -0.3 is 30.3 Å². The van der Waals surface area contributed by atoms with Crippen molar-refractivity contribution in [3.63, 3.8) is 0 Å². The molecule has 0 saturated carbocycles. The molecule has 4 N–H and O–H groups in total. The van der Waals surface area contributed by atoms with E-state index in [1.807, 2.05) is 24.3 Å². The molecule has 0 aliphatic carbocycles. The van der Waals surface area contributed by atoms with Gasteiger partial charge in [-0.05, 0) is 51.0 Å². The molecule has 36 heavy (non-hydrogen) atoms. The summed E-state index contributed by atoms with van der Waals surface area (Å²) in [6, 6.07) is 11.0. The molecule has 198 valence electrons. The zero-order valence-electron chi connectivity index (χ0n) is 22.2. The van der Waals surface area contributed by atoms with E-state index in [1.54, 1.807) is 12.1 Å². The first-order chi connectivity index (χ1) is 16.8. The molecule has 2 aromatic rings. The van der Waals surface area contributed by atoms with E-state index < -0.39 is 0 Å². The quantitative estimate of drug-likeness (QED) is 0.307. The molecule has 2 rings (SSSR count). The van der Waals surface area contributed by atoms with Crippen molar-refractivity contribution in [2.45, 2.75) is 78.6 Å². The second kappa shape index (κ2) is 12.7. The zero-order chi connectivity index (χ0) is 26.9. The number of carbonyl (C=O) groups excluding carboxylic acids is 2. The van der Waals surface area contributed by atoms with Gasteiger partial charge in [-0.2, -0.15) is 0 Å². The third-order valence-electron chi connectivity index (χ3n) is 6.70. The first-order valence-corrected chi connectivity index (χ1v) is 12.2. The van der Waals surface area contributed by atoms with Gasteiger partial charge in [0.25, 0.3) is 0 Å². The Morgan fingerprint density at radius 2 is 1.08 bits per heavy atom. The molecular formula is C28H40N2O6. The Kier molecular flexibility index (Phi) is 10.3. The molecule has 0 aliphatic rings. The first-order valence-electron chi connectivity index (χ1n) is 12.2. The Morgan fingerprint density at radius 1 is 0.722 bits per heavy atom. The molecule has 0 aliphatic heterocycles. The molecule has 0 heterocycles. The molecule has 0 saturated heterocycles. The number of carbonyl (C=O) groups is 2. The predicted octanol–water partition coefficient (Wildman–Crippen LogP) is 3.75. The molecule has 0 atom stereocenters. The van der Waals surface area contributed by atoms with Crippen LogP contribution in [0.4, 0.5) is 0 Å². The summed E-state index contributed by atoms with van der Waals surface area (Å²) in [5, 5.41) is 28.0. The Labute approximate surface area is 214 Å². The second-order valence-corrected chi connectivity index (χ2v) is 10.1. The number of phenolic OH excluding ortho intramolecular Hbond substituents is 2. The van der Waals surface area contributed by atoms with Crippen molar-refractivity contribution in [2.24, 2.45) is 0 Å². The summed E-state index contributed by atoms with van der Waals surface area (Å²) in [6.45, 7) is 12.6. The van der Waals surface area contributed by atoms with Crippen molar-refractivity contribution < 1.29 is 29.3 Å². The van der Waals surface area contributed by atoms with E-state index in [0.29, 0.717) is 25.9 Å². The summed E-state index contributed by atoms with van der Waals surface area (Å²) in [6.07, 6.45) is 1.09. The van der Waals surface area contributed by atoms with Crippen LogP contribution in [0.15, 0.2) is 36.4 Å². The fraction of sp³-hybridized carbons (Fsp3) is 0.500. The molecule has 0 unspecified atom stereocenters. The number of benzene rings is 2. The SMILES string of the molecule is CC(=O)OCCc1ccc(CNC(C)(C)C(C)(C)NCc2ccc(CCOC(C)=O)cc2O)c(O)c1. The van der Waals surface area contributed by atoms with Crippen LogP contribution >= 0.6 is 0 Å². The molecule has 2 aromatic carbocycles. The van der Waals surface area contributed by atoms with Gasteiger partial charge >= 0.3 is 11.9 Å². The lowest BCUT2D eigenvalue weighted by Crippen LogP contribution is -2.62. The number of aromatic hydroxyl groups is 2. The van der Waals surface area contributed by atoms with Crippen molar-refractivity contribution in [3.8, 4) is 11.5 Å². The fourth-order valence-electron chi connectivity index (χ4n) is 3.53. The van der Waals surface area contributed by atoms with Crippen LogP contribution in [0, 0.1) is 0 Å². The predicted molar refractivity (Wildman–Crippen MR) is 139 cm³/mol. The maximum Gasteiger partial charge on any atom is 0.302 e. The summed E-state index contributed by atoms with van der Waals surface area (Å²) in [5.74, 6) is -0.241. The second-order valence-electron chi connectivity index (χ2n) is 10.1. The molecule has 8 heteroatoms. The number of ether oxygens (including phenoxy) is 2. The number of hydrogen-bond donors (Lipinski definition) is 4. The molecule has 0 radical (unpaired) electrons. The van der Waals surface area contributed by atoms with Crippen molar-refractivity contribution >= 4 is 11.9 Å². The van der Waals surface area contributed by atoms with Crippen molar-refractivity contribution in [1.29, 1.82) is 0 Å². The van der Waals surface area contributed by atoms with Gasteiger partial charge in [0.05, 0.1) is 13.2 Å². The Morgan fingerprint density at radius 3 is 1.39 bits per heavy atom. The third kappa shape index (κ3) is 8.84. The summed E-state index contributed by atoms with van der Waals surface area (Å²) in [5.41, 5.74) is 2.61. The molecule has 0 bridgehead atoms. The smallest absolute Gasteiger partial charge is 0.302 e. The van der Waals surface area contributed by atoms with Crippen LogP contribution in [0.1, 0.15) is 63.8 Å². The number of phenols is 2. The maximum absolute atomic E-state index is 10.9. The number of esters is 2. The highest BCUT2D eigenvalue weighted by Crippen LogP contribution is 2.26. The van der Waals surface area contributed by atoms with E-state index in [2.05, 4.69) is 38.3 Å². The Hall–Kier alpha value is -3.10. The summed E-state index contributed by atoms with van der Waals surface area (Å²) in [7, 11) is 0. The average molecular weight is 501 g/mol. The van der Waals surface area contributed by atoms with Gasteiger partial charge in [0.2, 0.25) is 0 Å². The van der Waals surface area contributed by atoms with Crippen LogP contribution in [0.2, 0.25) is 0 Å². The third-order valence-corrected chi connectivity index (χ3v) is 6.70.